The SMILES string of the molecule is COC(=O)[C@@]1(OCc2ccccc2)C[C@H](OC(C)=O)[C@@H](N=[N+]=[N-])[C@H]([C@H](O)[C@H](O)CO)O1. The van der Waals surface area contributed by atoms with Crippen LogP contribution in [0.4, 0.5) is 0 Å². The predicted molar refractivity (Wildman–Crippen MR) is 103 cm³/mol. The fourth-order valence-corrected chi connectivity index (χ4v) is 3.27. The Hall–Kier alpha value is -2.73. The molecule has 3 N–H and O–H groups in total. The zero-order chi connectivity index (χ0) is 23.0. The highest BCUT2D eigenvalue weighted by atomic mass is 16.7. The number of aliphatic hydroxyl groups is 3. The minimum absolute atomic E-state index is 0.111. The van der Waals surface area contributed by atoms with Gasteiger partial charge in [0.15, 0.2) is 0 Å². The maximum Gasteiger partial charge on any atom is 0.366 e. The Morgan fingerprint density at radius 3 is 2.58 bits per heavy atom. The van der Waals surface area contributed by atoms with Gasteiger partial charge >= 0.3 is 11.9 Å². The van der Waals surface area contributed by atoms with Crippen molar-refractivity contribution in [2.24, 2.45) is 5.11 Å². The van der Waals surface area contributed by atoms with Gasteiger partial charge in [0.1, 0.15) is 30.5 Å². The summed E-state index contributed by atoms with van der Waals surface area (Å²) in [4.78, 5) is 27.0. The molecule has 0 unspecified atom stereocenters. The molecule has 0 aromatic heterocycles. The molecule has 12 nitrogen and oxygen atoms in total. The average molecular weight is 439 g/mol. The van der Waals surface area contributed by atoms with Gasteiger partial charge in [-0.1, -0.05) is 35.4 Å². The minimum Gasteiger partial charge on any atom is -0.465 e. The van der Waals surface area contributed by atoms with Gasteiger partial charge in [0, 0.05) is 11.8 Å². The number of carbonyl (C=O) groups excluding carboxylic acids is 2. The van der Waals surface area contributed by atoms with Gasteiger partial charge in [-0.25, -0.2) is 4.79 Å². The van der Waals surface area contributed by atoms with Crippen molar-refractivity contribution in [1.29, 1.82) is 0 Å². The summed E-state index contributed by atoms with van der Waals surface area (Å²) in [7, 11) is 1.09. The molecule has 2 rings (SSSR count). The molecule has 1 aliphatic rings. The molecule has 1 aliphatic heterocycles. The number of azide groups is 1. The Morgan fingerprint density at radius 1 is 1.35 bits per heavy atom. The van der Waals surface area contributed by atoms with Crippen LogP contribution in [0.5, 0.6) is 0 Å². The van der Waals surface area contributed by atoms with Gasteiger partial charge in [-0.05, 0) is 11.1 Å². The third kappa shape index (κ3) is 5.91. The molecule has 1 aromatic rings. The molecule has 0 spiro atoms. The van der Waals surface area contributed by atoms with Crippen LogP contribution >= 0.6 is 0 Å². The van der Waals surface area contributed by atoms with Crippen molar-refractivity contribution in [2.75, 3.05) is 13.7 Å². The van der Waals surface area contributed by atoms with Crippen molar-refractivity contribution in [3.63, 3.8) is 0 Å². The number of benzene rings is 1. The number of rotatable bonds is 9. The van der Waals surface area contributed by atoms with E-state index in [0.29, 0.717) is 5.56 Å². The van der Waals surface area contributed by atoms with E-state index >= 15 is 0 Å². The van der Waals surface area contributed by atoms with Gasteiger partial charge in [-0.2, -0.15) is 0 Å². The van der Waals surface area contributed by atoms with Crippen LogP contribution < -0.4 is 0 Å². The quantitative estimate of drug-likeness (QED) is 0.209. The maximum atomic E-state index is 12.7. The summed E-state index contributed by atoms with van der Waals surface area (Å²) >= 11 is 0. The molecular formula is C19H25N3O9. The van der Waals surface area contributed by atoms with Gasteiger partial charge in [-0.3, -0.25) is 4.79 Å². The fourth-order valence-electron chi connectivity index (χ4n) is 3.27. The zero-order valence-electron chi connectivity index (χ0n) is 17.0. The zero-order valence-corrected chi connectivity index (χ0v) is 17.0. The highest BCUT2D eigenvalue weighted by Gasteiger charge is 2.57. The third-order valence-electron chi connectivity index (χ3n) is 4.75. The van der Waals surface area contributed by atoms with Crippen LogP contribution in [0, 0.1) is 0 Å². The Balaban J connectivity index is 2.48. The molecule has 31 heavy (non-hydrogen) atoms. The van der Waals surface area contributed by atoms with E-state index in [9.17, 15) is 24.9 Å². The molecule has 170 valence electrons. The maximum absolute atomic E-state index is 12.7. The van der Waals surface area contributed by atoms with Crippen LogP contribution in [-0.2, 0) is 35.1 Å². The van der Waals surface area contributed by atoms with E-state index in [1.807, 2.05) is 0 Å². The Kier molecular flexibility index (Phi) is 8.75. The van der Waals surface area contributed by atoms with Crippen molar-refractivity contribution in [1.82, 2.24) is 0 Å². The summed E-state index contributed by atoms with van der Waals surface area (Å²) in [5, 5.41) is 33.2. The van der Waals surface area contributed by atoms with E-state index in [2.05, 4.69) is 10.0 Å². The average Bonchev–Trinajstić information content (AvgIpc) is 2.77. The number of esters is 2. The van der Waals surface area contributed by atoms with Crippen molar-refractivity contribution in [2.45, 2.75) is 56.2 Å². The first-order valence-electron chi connectivity index (χ1n) is 9.40. The minimum atomic E-state index is -2.16. The largest absolute Gasteiger partial charge is 0.465 e. The number of hydrogen-bond donors (Lipinski definition) is 3. The molecule has 6 atom stereocenters. The van der Waals surface area contributed by atoms with E-state index in [1.165, 1.54) is 0 Å². The monoisotopic (exact) mass is 439 g/mol. The summed E-state index contributed by atoms with van der Waals surface area (Å²) in [5.41, 5.74) is 9.63. The highest BCUT2D eigenvalue weighted by Crippen LogP contribution is 2.37. The second kappa shape index (κ2) is 11.0. The van der Waals surface area contributed by atoms with Crippen LogP contribution in [0.25, 0.3) is 10.4 Å². The van der Waals surface area contributed by atoms with E-state index in [1.54, 1.807) is 30.3 Å². The Bertz CT molecular complexity index is 802. The number of hydrogen-bond acceptors (Lipinski definition) is 10. The van der Waals surface area contributed by atoms with Crippen molar-refractivity contribution < 1.29 is 43.9 Å². The first-order valence-corrected chi connectivity index (χ1v) is 9.40. The highest BCUT2D eigenvalue weighted by molar-refractivity contribution is 5.78. The molecule has 0 amide bonds. The summed E-state index contributed by atoms with van der Waals surface area (Å²) < 4.78 is 21.5. The van der Waals surface area contributed by atoms with Crippen LogP contribution in [-0.4, -0.2) is 77.2 Å². The first-order chi connectivity index (χ1) is 14.8. The van der Waals surface area contributed by atoms with E-state index < -0.39 is 61.2 Å². The van der Waals surface area contributed by atoms with Gasteiger partial charge in [0.2, 0.25) is 0 Å². The molecule has 12 heteroatoms. The number of nitrogens with zero attached hydrogens (tertiary/aromatic N) is 3. The van der Waals surface area contributed by atoms with Gasteiger partial charge in [-0.15, -0.1) is 0 Å². The Morgan fingerprint density at radius 2 is 2.03 bits per heavy atom. The molecule has 0 bridgehead atoms. The topological polar surface area (TPSA) is 181 Å². The lowest BCUT2D eigenvalue weighted by Gasteiger charge is -2.46. The van der Waals surface area contributed by atoms with Crippen LogP contribution in [0.1, 0.15) is 18.9 Å². The van der Waals surface area contributed by atoms with E-state index in [0.717, 1.165) is 14.0 Å². The van der Waals surface area contributed by atoms with Crippen molar-refractivity contribution >= 4 is 11.9 Å². The summed E-state index contributed by atoms with van der Waals surface area (Å²) in [6, 6.07) is 7.46. The van der Waals surface area contributed by atoms with Crippen LogP contribution in [0.2, 0.25) is 0 Å². The van der Waals surface area contributed by atoms with E-state index in [-0.39, 0.29) is 6.61 Å². The molecule has 0 saturated carbocycles. The standard InChI is InChI=1S/C19H25N3O9/c1-11(24)30-14-8-19(18(27)28-2,29-10-12-6-4-3-5-7-12)31-17(15(14)21-22-20)16(26)13(25)9-23/h3-7,13-17,23,25-26H,8-10H2,1-2H3/t13-,14+,15-,16-,17-,19-/m1/s1. The normalized spacial score (nSPS) is 27.5. The molecule has 1 fully saturated rings. The molecule has 0 aliphatic carbocycles. The number of methoxy groups -OCH3 is 1. The lowest BCUT2D eigenvalue weighted by Crippen LogP contribution is -2.64. The second-order valence-corrected chi connectivity index (χ2v) is 6.89. The molecule has 1 aromatic carbocycles. The van der Waals surface area contributed by atoms with E-state index in [4.69, 9.17) is 24.5 Å². The lowest BCUT2D eigenvalue weighted by atomic mass is 9.89. The molecular weight excluding hydrogens is 414 g/mol. The summed E-state index contributed by atoms with van der Waals surface area (Å²) in [5.74, 6) is -3.90. The molecule has 1 saturated heterocycles. The van der Waals surface area contributed by atoms with Crippen LogP contribution in [0.15, 0.2) is 35.4 Å². The number of ether oxygens (including phenoxy) is 4. The summed E-state index contributed by atoms with van der Waals surface area (Å²) in [6.45, 7) is 0.153. The fraction of sp³-hybridized carbons (Fsp3) is 0.579. The van der Waals surface area contributed by atoms with Gasteiger partial charge < -0.3 is 34.3 Å². The number of aliphatic hydroxyl groups excluding tert-OH is 3. The summed E-state index contributed by atoms with van der Waals surface area (Å²) in [6.07, 6.45) is -6.77. The predicted octanol–water partition coefficient (Wildman–Crippen LogP) is 0.186. The first kappa shape index (κ1) is 24.5. The molecule has 0 radical (unpaired) electrons. The lowest BCUT2D eigenvalue weighted by molar-refractivity contribution is -0.314. The van der Waals surface area contributed by atoms with Crippen molar-refractivity contribution in [3.8, 4) is 0 Å². The van der Waals surface area contributed by atoms with Crippen molar-refractivity contribution in [3.05, 3.63) is 46.3 Å². The third-order valence-corrected chi connectivity index (χ3v) is 4.75. The Labute approximate surface area is 177 Å². The smallest absolute Gasteiger partial charge is 0.366 e. The van der Waals surface area contributed by atoms with Gasteiger partial charge in [0.25, 0.3) is 5.79 Å². The molecule has 1 heterocycles. The number of carbonyl (C=O) groups is 2. The van der Waals surface area contributed by atoms with Gasteiger partial charge in [0.05, 0.1) is 26.7 Å². The second-order valence-electron chi connectivity index (χ2n) is 6.89. The van der Waals surface area contributed by atoms with Crippen LogP contribution in [0.3, 0.4) is 0 Å².